The molecule has 1 aromatic heterocycles. The van der Waals surface area contributed by atoms with E-state index in [0.717, 1.165) is 11.3 Å². The van der Waals surface area contributed by atoms with Gasteiger partial charge in [-0.05, 0) is 66.2 Å². The highest BCUT2D eigenvalue weighted by Gasteiger charge is 2.31. The number of furan rings is 1. The maximum Gasteiger partial charge on any atom is 0.263 e. The molecule has 0 atom stereocenters. The summed E-state index contributed by atoms with van der Waals surface area (Å²) >= 11 is 18.8. The van der Waals surface area contributed by atoms with Crippen LogP contribution in [0.2, 0.25) is 15.1 Å². The first-order chi connectivity index (χ1) is 16.9. The molecular weight excluding hydrogens is 505 g/mol. The van der Waals surface area contributed by atoms with Gasteiger partial charge in [-0.1, -0.05) is 65.1 Å². The summed E-state index contributed by atoms with van der Waals surface area (Å²) in [5.41, 5.74) is 3.39. The molecule has 35 heavy (non-hydrogen) atoms. The van der Waals surface area contributed by atoms with Crippen LogP contribution in [-0.4, -0.2) is 13.0 Å². The summed E-state index contributed by atoms with van der Waals surface area (Å²) in [6.45, 7) is 0. The highest BCUT2D eigenvalue weighted by atomic mass is 35.5. The number of hydrogen-bond donors (Lipinski definition) is 0. The van der Waals surface area contributed by atoms with Crippen molar-refractivity contribution in [3.63, 3.8) is 0 Å². The van der Waals surface area contributed by atoms with Crippen molar-refractivity contribution in [2.24, 2.45) is 0 Å². The van der Waals surface area contributed by atoms with Gasteiger partial charge in [0, 0.05) is 16.2 Å². The first-order valence-corrected chi connectivity index (χ1v) is 11.8. The van der Waals surface area contributed by atoms with Gasteiger partial charge < -0.3 is 9.15 Å². The molecule has 3 aromatic carbocycles. The lowest BCUT2D eigenvalue weighted by molar-refractivity contribution is -0.113. The van der Waals surface area contributed by atoms with E-state index in [4.69, 9.17) is 44.0 Å². The number of benzene rings is 3. The monoisotopic (exact) mass is 521 g/mol. The van der Waals surface area contributed by atoms with Crippen molar-refractivity contribution >= 4 is 58.2 Å². The average Bonchev–Trinajstić information content (AvgIpc) is 3.46. The fraction of sp³-hybridized carbons (Fsp3) is 0.0357. The second-order valence-electron chi connectivity index (χ2n) is 7.78. The van der Waals surface area contributed by atoms with Crippen LogP contribution in [0.25, 0.3) is 23.1 Å². The van der Waals surface area contributed by atoms with E-state index in [1.807, 2.05) is 36.4 Å². The predicted molar refractivity (Wildman–Crippen MR) is 142 cm³/mol. The van der Waals surface area contributed by atoms with Crippen molar-refractivity contribution in [2.45, 2.75) is 0 Å². The Morgan fingerprint density at radius 2 is 1.69 bits per heavy atom. The number of nitrogens with zero attached hydrogens (tertiary/aromatic N) is 1. The van der Waals surface area contributed by atoms with Crippen LogP contribution >= 0.6 is 34.8 Å². The molecule has 0 fully saturated rings. The third-order valence-corrected chi connectivity index (χ3v) is 6.42. The van der Waals surface area contributed by atoms with Gasteiger partial charge in [0.15, 0.2) is 0 Å². The lowest BCUT2D eigenvalue weighted by Crippen LogP contribution is -2.24. The Bertz CT molecular complexity index is 1490. The largest absolute Gasteiger partial charge is 0.495 e. The zero-order valence-electron chi connectivity index (χ0n) is 18.5. The Labute approximate surface area is 217 Å². The molecule has 0 saturated heterocycles. The molecule has 1 aliphatic rings. The molecule has 4 nitrogen and oxygen atoms in total. The summed E-state index contributed by atoms with van der Waals surface area (Å²) in [5.74, 6) is 1.40. The van der Waals surface area contributed by atoms with Crippen LogP contribution in [0.15, 0.2) is 94.9 Å². The number of hydrogen-bond acceptors (Lipinski definition) is 3. The van der Waals surface area contributed by atoms with Gasteiger partial charge in [-0.3, -0.25) is 9.69 Å². The van der Waals surface area contributed by atoms with E-state index in [-0.39, 0.29) is 5.91 Å². The summed E-state index contributed by atoms with van der Waals surface area (Å²) in [4.78, 5) is 15.2. The number of amides is 1. The first-order valence-electron chi connectivity index (χ1n) is 10.7. The van der Waals surface area contributed by atoms with Crippen molar-refractivity contribution in [3.05, 3.63) is 117 Å². The van der Waals surface area contributed by atoms with Crippen molar-refractivity contribution in [1.29, 1.82) is 0 Å². The minimum absolute atomic E-state index is 0.205. The van der Waals surface area contributed by atoms with E-state index >= 15 is 0 Å². The standard InChI is InChI=1S/C28H18Cl3NO3/c1-34-27-11-8-20(16-24(27)31)32-25(17-5-3-2-4-6-17)14-18(28(32)33)13-21-9-12-26(35-21)22-15-19(29)7-10-23(22)30/h2-16H,1H3/b18-13+. The molecule has 2 heterocycles. The molecule has 0 spiro atoms. The number of anilines is 1. The average molecular weight is 523 g/mol. The highest BCUT2D eigenvalue weighted by molar-refractivity contribution is 6.35. The van der Waals surface area contributed by atoms with Gasteiger partial charge in [0.1, 0.15) is 17.3 Å². The minimum Gasteiger partial charge on any atom is -0.495 e. The molecule has 0 unspecified atom stereocenters. The first kappa shape index (κ1) is 23.3. The molecule has 5 rings (SSSR count). The topological polar surface area (TPSA) is 42.7 Å². The Balaban J connectivity index is 1.56. The number of carbonyl (C=O) groups is 1. The summed E-state index contributed by atoms with van der Waals surface area (Å²) in [6, 6.07) is 23.7. The molecule has 0 bridgehead atoms. The second-order valence-corrected chi connectivity index (χ2v) is 9.03. The van der Waals surface area contributed by atoms with Gasteiger partial charge in [0.05, 0.1) is 28.5 Å². The van der Waals surface area contributed by atoms with Crippen LogP contribution in [-0.2, 0) is 4.79 Å². The lowest BCUT2D eigenvalue weighted by atomic mass is 10.1. The van der Waals surface area contributed by atoms with Crippen LogP contribution in [0.5, 0.6) is 5.75 Å². The van der Waals surface area contributed by atoms with Crippen molar-refractivity contribution in [1.82, 2.24) is 0 Å². The van der Waals surface area contributed by atoms with Crippen LogP contribution < -0.4 is 9.64 Å². The fourth-order valence-electron chi connectivity index (χ4n) is 3.90. The lowest BCUT2D eigenvalue weighted by Gasteiger charge is -2.21. The molecule has 0 aliphatic carbocycles. The number of methoxy groups -OCH3 is 1. The molecule has 174 valence electrons. The van der Waals surface area contributed by atoms with Crippen LogP contribution in [0, 0.1) is 0 Å². The Morgan fingerprint density at radius 1 is 0.886 bits per heavy atom. The van der Waals surface area contributed by atoms with E-state index in [1.54, 1.807) is 66.6 Å². The molecule has 4 aromatic rings. The van der Waals surface area contributed by atoms with Gasteiger partial charge in [-0.2, -0.15) is 0 Å². The number of carbonyl (C=O) groups excluding carboxylic acids is 1. The van der Waals surface area contributed by atoms with Crippen molar-refractivity contribution in [3.8, 4) is 17.1 Å². The molecule has 1 aliphatic heterocycles. The van der Waals surface area contributed by atoms with Gasteiger partial charge >= 0.3 is 0 Å². The molecule has 1 amide bonds. The SMILES string of the molecule is COc1ccc(N2C(=O)/C(=C/c3ccc(-c4cc(Cl)ccc4Cl)o3)C=C2c2ccccc2)cc1Cl. The zero-order valence-corrected chi connectivity index (χ0v) is 20.7. The Morgan fingerprint density at radius 3 is 2.43 bits per heavy atom. The summed E-state index contributed by atoms with van der Waals surface area (Å²) in [6.07, 6.45) is 3.54. The Hall–Kier alpha value is -3.44. The molecule has 0 saturated carbocycles. The number of halogens is 3. The van der Waals surface area contributed by atoms with E-state index < -0.39 is 0 Å². The van der Waals surface area contributed by atoms with E-state index in [9.17, 15) is 4.79 Å². The van der Waals surface area contributed by atoms with E-state index in [1.165, 1.54) is 0 Å². The maximum absolute atomic E-state index is 13.6. The Kier molecular flexibility index (Phi) is 6.44. The van der Waals surface area contributed by atoms with Crippen LogP contribution in [0.3, 0.4) is 0 Å². The highest BCUT2D eigenvalue weighted by Crippen LogP contribution is 2.39. The van der Waals surface area contributed by atoms with Gasteiger partial charge in [-0.15, -0.1) is 0 Å². The smallest absolute Gasteiger partial charge is 0.263 e. The predicted octanol–water partition coefficient (Wildman–Crippen LogP) is 8.39. The van der Waals surface area contributed by atoms with Crippen LogP contribution in [0.1, 0.15) is 11.3 Å². The third kappa shape index (κ3) is 4.61. The molecule has 7 heteroatoms. The normalized spacial score (nSPS) is 14.5. The van der Waals surface area contributed by atoms with Gasteiger partial charge in [-0.25, -0.2) is 0 Å². The molecular formula is C28H18Cl3NO3. The van der Waals surface area contributed by atoms with Gasteiger partial charge in [0.25, 0.3) is 5.91 Å². The second kappa shape index (κ2) is 9.67. The van der Waals surface area contributed by atoms with Crippen LogP contribution in [0.4, 0.5) is 5.69 Å². The zero-order chi connectivity index (χ0) is 24.5. The van der Waals surface area contributed by atoms with E-state index in [2.05, 4.69) is 0 Å². The van der Waals surface area contributed by atoms with Crippen molar-refractivity contribution < 1.29 is 13.9 Å². The number of ether oxygens (including phenoxy) is 1. The number of rotatable bonds is 5. The summed E-state index contributed by atoms with van der Waals surface area (Å²) in [7, 11) is 1.55. The minimum atomic E-state index is -0.205. The maximum atomic E-state index is 13.6. The summed E-state index contributed by atoms with van der Waals surface area (Å²) < 4.78 is 11.3. The third-order valence-electron chi connectivity index (χ3n) is 5.56. The molecule has 0 N–H and O–H groups in total. The van der Waals surface area contributed by atoms with Crippen molar-refractivity contribution in [2.75, 3.05) is 12.0 Å². The fourth-order valence-corrected chi connectivity index (χ4v) is 4.54. The van der Waals surface area contributed by atoms with E-state index in [0.29, 0.717) is 49.2 Å². The molecule has 0 radical (unpaired) electrons. The quantitative estimate of drug-likeness (QED) is 0.247. The van der Waals surface area contributed by atoms with Gasteiger partial charge in [0.2, 0.25) is 0 Å². The summed E-state index contributed by atoms with van der Waals surface area (Å²) in [5, 5.41) is 1.49.